The molecular formula is C21H15ClFN5O3. The summed E-state index contributed by atoms with van der Waals surface area (Å²) in [4.78, 5) is 28.7. The minimum atomic E-state index is -0.542. The van der Waals surface area contributed by atoms with Crippen molar-refractivity contribution in [2.45, 2.75) is 13.5 Å². The summed E-state index contributed by atoms with van der Waals surface area (Å²) < 4.78 is 19.9. The lowest BCUT2D eigenvalue weighted by atomic mass is 10.2. The number of rotatable bonds is 5. The van der Waals surface area contributed by atoms with E-state index >= 15 is 0 Å². The Morgan fingerprint density at radius 1 is 1.19 bits per heavy atom. The first-order chi connectivity index (χ1) is 14.9. The molecule has 0 fully saturated rings. The van der Waals surface area contributed by atoms with Crippen molar-refractivity contribution in [1.82, 2.24) is 19.9 Å². The number of carbonyl (C=O) groups excluding carboxylic acids is 1. The Balaban J connectivity index is 1.54. The third-order valence-corrected chi connectivity index (χ3v) is 4.58. The monoisotopic (exact) mass is 439 g/mol. The summed E-state index contributed by atoms with van der Waals surface area (Å²) in [7, 11) is 0. The second-order valence-electron chi connectivity index (χ2n) is 6.66. The van der Waals surface area contributed by atoms with Gasteiger partial charge in [-0.2, -0.15) is 10.1 Å². The van der Waals surface area contributed by atoms with E-state index in [-0.39, 0.29) is 23.8 Å². The van der Waals surface area contributed by atoms with E-state index in [2.05, 4.69) is 20.6 Å². The third kappa shape index (κ3) is 4.67. The summed E-state index contributed by atoms with van der Waals surface area (Å²) in [5.41, 5.74) is 1.11. The largest absolute Gasteiger partial charge is 0.332 e. The van der Waals surface area contributed by atoms with Gasteiger partial charge in [0, 0.05) is 22.3 Å². The molecule has 0 radical (unpaired) electrons. The summed E-state index contributed by atoms with van der Waals surface area (Å²) in [5, 5.41) is 11.1. The van der Waals surface area contributed by atoms with Gasteiger partial charge in [0.05, 0.1) is 0 Å². The molecule has 1 amide bonds. The number of aromatic nitrogens is 4. The topological polar surface area (TPSA) is 103 Å². The van der Waals surface area contributed by atoms with Gasteiger partial charge in [-0.05, 0) is 42.8 Å². The predicted octanol–water partition coefficient (Wildman–Crippen LogP) is 3.70. The average molecular weight is 440 g/mol. The van der Waals surface area contributed by atoms with E-state index in [9.17, 15) is 14.0 Å². The number of anilines is 1. The van der Waals surface area contributed by atoms with Crippen LogP contribution in [0.1, 0.15) is 5.56 Å². The summed E-state index contributed by atoms with van der Waals surface area (Å²) in [6, 6.07) is 13.9. The van der Waals surface area contributed by atoms with Gasteiger partial charge in [0.1, 0.15) is 18.1 Å². The highest BCUT2D eigenvalue weighted by molar-refractivity contribution is 6.30. The van der Waals surface area contributed by atoms with E-state index in [4.69, 9.17) is 16.1 Å². The minimum Gasteiger partial charge on any atom is -0.332 e. The van der Waals surface area contributed by atoms with E-state index in [0.717, 1.165) is 4.68 Å². The zero-order valence-corrected chi connectivity index (χ0v) is 16.9. The normalized spacial score (nSPS) is 10.8. The quantitative estimate of drug-likeness (QED) is 0.508. The SMILES string of the molecule is Cc1ccc(NC(=O)Cn2nc(-c3nc(-c4cccc(Cl)c4)no3)ccc2=O)cc1F. The Morgan fingerprint density at radius 3 is 2.81 bits per heavy atom. The molecule has 4 aromatic rings. The van der Waals surface area contributed by atoms with Gasteiger partial charge in [0.2, 0.25) is 11.7 Å². The first kappa shape index (κ1) is 20.4. The number of hydrogen-bond acceptors (Lipinski definition) is 6. The van der Waals surface area contributed by atoms with Gasteiger partial charge in [-0.3, -0.25) is 9.59 Å². The van der Waals surface area contributed by atoms with Crippen LogP contribution in [0.2, 0.25) is 5.02 Å². The third-order valence-electron chi connectivity index (χ3n) is 4.34. The van der Waals surface area contributed by atoms with Crippen molar-refractivity contribution in [3.63, 3.8) is 0 Å². The fourth-order valence-electron chi connectivity index (χ4n) is 2.76. The molecule has 2 heterocycles. The summed E-state index contributed by atoms with van der Waals surface area (Å²) in [5.74, 6) is -0.608. The molecule has 0 saturated carbocycles. The highest BCUT2D eigenvalue weighted by Gasteiger charge is 2.15. The second-order valence-corrected chi connectivity index (χ2v) is 7.10. The molecule has 0 aliphatic rings. The van der Waals surface area contributed by atoms with Crippen LogP contribution in [-0.4, -0.2) is 25.8 Å². The average Bonchev–Trinajstić information content (AvgIpc) is 3.23. The fraction of sp³-hybridized carbons (Fsp3) is 0.0952. The fourth-order valence-corrected chi connectivity index (χ4v) is 2.95. The van der Waals surface area contributed by atoms with Crippen LogP contribution in [0.25, 0.3) is 23.0 Å². The summed E-state index contributed by atoms with van der Waals surface area (Å²) in [6.45, 7) is 1.24. The number of nitrogens with one attached hydrogen (secondary N) is 1. The Kier molecular flexibility index (Phi) is 5.59. The van der Waals surface area contributed by atoms with E-state index in [1.54, 1.807) is 43.3 Å². The molecule has 4 rings (SSSR count). The van der Waals surface area contributed by atoms with Crippen molar-refractivity contribution in [1.29, 1.82) is 0 Å². The number of aryl methyl sites for hydroxylation is 1. The van der Waals surface area contributed by atoms with E-state index in [1.807, 2.05) is 0 Å². The Hall–Kier alpha value is -3.85. The molecule has 0 aliphatic carbocycles. The first-order valence-electron chi connectivity index (χ1n) is 9.13. The lowest BCUT2D eigenvalue weighted by Gasteiger charge is -2.08. The van der Waals surface area contributed by atoms with Gasteiger partial charge in [-0.1, -0.05) is 35.0 Å². The lowest BCUT2D eigenvalue weighted by molar-refractivity contribution is -0.117. The van der Waals surface area contributed by atoms with Crippen LogP contribution >= 0.6 is 11.6 Å². The number of amides is 1. The van der Waals surface area contributed by atoms with Crippen LogP contribution in [0.3, 0.4) is 0 Å². The Morgan fingerprint density at radius 2 is 2.03 bits per heavy atom. The molecule has 0 unspecified atom stereocenters. The molecule has 2 aromatic carbocycles. The Bertz CT molecular complexity index is 1330. The van der Waals surface area contributed by atoms with Gasteiger partial charge in [0.15, 0.2) is 0 Å². The van der Waals surface area contributed by atoms with Crippen molar-refractivity contribution in [3.05, 3.63) is 81.4 Å². The molecular weight excluding hydrogens is 425 g/mol. The minimum absolute atomic E-state index is 0.0738. The number of halogens is 2. The van der Waals surface area contributed by atoms with Crippen LogP contribution in [0, 0.1) is 12.7 Å². The van der Waals surface area contributed by atoms with Gasteiger partial charge < -0.3 is 9.84 Å². The molecule has 2 aromatic heterocycles. The number of carbonyl (C=O) groups is 1. The van der Waals surface area contributed by atoms with E-state index in [1.165, 1.54) is 18.2 Å². The molecule has 0 bridgehead atoms. The maximum atomic E-state index is 13.7. The molecule has 0 atom stereocenters. The van der Waals surface area contributed by atoms with Crippen molar-refractivity contribution in [2.75, 3.05) is 5.32 Å². The maximum Gasteiger partial charge on any atom is 0.278 e. The highest BCUT2D eigenvalue weighted by Crippen LogP contribution is 2.22. The molecule has 0 aliphatic heterocycles. The van der Waals surface area contributed by atoms with Crippen LogP contribution in [-0.2, 0) is 11.3 Å². The molecule has 31 heavy (non-hydrogen) atoms. The van der Waals surface area contributed by atoms with E-state index in [0.29, 0.717) is 22.0 Å². The summed E-state index contributed by atoms with van der Waals surface area (Å²) in [6.07, 6.45) is 0. The van der Waals surface area contributed by atoms with Crippen LogP contribution in [0.5, 0.6) is 0 Å². The molecule has 8 nitrogen and oxygen atoms in total. The van der Waals surface area contributed by atoms with Gasteiger partial charge >= 0.3 is 0 Å². The zero-order chi connectivity index (χ0) is 22.0. The standard InChI is InChI=1S/C21H15ClFN5O3/c1-12-5-6-15(10-16(12)23)24-18(29)11-28-19(30)8-7-17(26-28)21-25-20(27-31-21)13-3-2-4-14(22)9-13/h2-10H,11H2,1H3,(H,24,29). The maximum absolute atomic E-state index is 13.7. The number of nitrogens with zero attached hydrogens (tertiary/aromatic N) is 4. The molecule has 0 saturated heterocycles. The van der Waals surface area contributed by atoms with Crippen LogP contribution < -0.4 is 10.9 Å². The van der Waals surface area contributed by atoms with Crippen molar-refractivity contribution >= 4 is 23.2 Å². The van der Waals surface area contributed by atoms with Crippen LogP contribution in [0.15, 0.2) is 63.9 Å². The smallest absolute Gasteiger partial charge is 0.278 e. The molecule has 10 heteroatoms. The molecule has 156 valence electrons. The Labute approximate surface area is 180 Å². The number of hydrogen-bond donors (Lipinski definition) is 1. The highest BCUT2D eigenvalue weighted by atomic mass is 35.5. The molecule has 0 spiro atoms. The van der Waals surface area contributed by atoms with E-state index < -0.39 is 17.3 Å². The summed E-state index contributed by atoms with van der Waals surface area (Å²) >= 11 is 5.98. The number of benzene rings is 2. The van der Waals surface area contributed by atoms with Gasteiger partial charge in [0.25, 0.3) is 11.4 Å². The van der Waals surface area contributed by atoms with Gasteiger partial charge in [-0.15, -0.1) is 0 Å². The van der Waals surface area contributed by atoms with Crippen LogP contribution in [0.4, 0.5) is 10.1 Å². The van der Waals surface area contributed by atoms with Crippen molar-refractivity contribution < 1.29 is 13.7 Å². The van der Waals surface area contributed by atoms with Crippen molar-refractivity contribution in [3.8, 4) is 23.0 Å². The zero-order valence-electron chi connectivity index (χ0n) is 16.2. The molecule has 1 N–H and O–H groups in total. The lowest BCUT2D eigenvalue weighted by Crippen LogP contribution is -2.29. The first-order valence-corrected chi connectivity index (χ1v) is 9.51. The van der Waals surface area contributed by atoms with Gasteiger partial charge in [-0.25, -0.2) is 9.07 Å². The van der Waals surface area contributed by atoms with Crippen molar-refractivity contribution in [2.24, 2.45) is 0 Å². The second kappa shape index (κ2) is 8.49. The predicted molar refractivity (Wildman–Crippen MR) is 112 cm³/mol.